The number of rotatable bonds is 4. The lowest BCUT2D eigenvalue weighted by molar-refractivity contribution is -0.919. The highest BCUT2D eigenvalue weighted by molar-refractivity contribution is 5.93. The molecule has 0 unspecified atom stereocenters. The van der Waals surface area contributed by atoms with Crippen LogP contribution in [0.25, 0.3) is 0 Å². The number of piperidine rings is 1. The van der Waals surface area contributed by atoms with E-state index < -0.39 is 0 Å². The number of anilines is 1. The van der Waals surface area contributed by atoms with Gasteiger partial charge >= 0.3 is 0 Å². The summed E-state index contributed by atoms with van der Waals surface area (Å²) in [4.78, 5) is 24.8. The molecular weight excluding hydrogens is 298 g/mol. The van der Waals surface area contributed by atoms with Gasteiger partial charge in [-0.15, -0.1) is 0 Å². The van der Waals surface area contributed by atoms with E-state index in [2.05, 4.69) is 5.32 Å². The molecule has 7 nitrogen and oxygen atoms in total. The number of nitrogens with two attached hydrogens (primary N) is 1. The van der Waals surface area contributed by atoms with Gasteiger partial charge in [0, 0.05) is 30.5 Å². The summed E-state index contributed by atoms with van der Waals surface area (Å²) in [7, 11) is 0. The Bertz CT molecular complexity index is 611. The molecule has 0 aromatic heterocycles. The first-order chi connectivity index (χ1) is 11.0. The number of fused-ring (bicyclic) bond motifs is 1. The van der Waals surface area contributed by atoms with Gasteiger partial charge in [0.1, 0.15) is 0 Å². The van der Waals surface area contributed by atoms with Gasteiger partial charge in [0.25, 0.3) is 5.91 Å². The van der Waals surface area contributed by atoms with E-state index in [1.807, 2.05) is 6.92 Å². The van der Waals surface area contributed by atoms with Gasteiger partial charge in [-0.2, -0.15) is 0 Å². The zero-order valence-corrected chi connectivity index (χ0v) is 13.1. The van der Waals surface area contributed by atoms with Gasteiger partial charge in [0.2, 0.25) is 12.7 Å². The van der Waals surface area contributed by atoms with E-state index in [-0.39, 0.29) is 30.6 Å². The Balaban J connectivity index is 1.55. The molecule has 1 aromatic carbocycles. The predicted octanol–water partition coefficient (Wildman–Crippen LogP) is -0.477. The Hall–Kier alpha value is -2.28. The van der Waals surface area contributed by atoms with Gasteiger partial charge in [0.15, 0.2) is 17.5 Å². The topological polar surface area (TPSA) is 95.1 Å². The van der Waals surface area contributed by atoms with Crippen LogP contribution in [0.5, 0.6) is 11.5 Å². The summed E-state index contributed by atoms with van der Waals surface area (Å²) in [5.74, 6) is 1.03. The number of quaternary nitrogens is 1. The SMILES string of the molecule is C[C@H](C(N)=O)[NH+]1CCC(C(=O)Nc2ccc3c(c2)OCO3)CC1. The molecular formula is C16H22N3O4+. The number of likely N-dealkylation sites (tertiary alicyclic amines) is 1. The predicted molar refractivity (Wildman–Crippen MR) is 83.3 cm³/mol. The first-order valence-corrected chi connectivity index (χ1v) is 7.89. The second-order valence-electron chi connectivity index (χ2n) is 6.11. The van der Waals surface area contributed by atoms with Crippen LogP contribution < -0.4 is 25.4 Å². The Morgan fingerprint density at radius 3 is 2.65 bits per heavy atom. The number of hydrogen-bond acceptors (Lipinski definition) is 4. The monoisotopic (exact) mass is 320 g/mol. The van der Waals surface area contributed by atoms with Crippen LogP contribution in [0.3, 0.4) is 0 Å². The fraction of sp³-hybridized carbons (Fsp3) is 0.500. The van der Waals surface area contributed by atoms with Crippen molar-refractivity contribution >= 4 is 17.5 Å². The molecule has 2 heterocycles. The summed E-state index contributed by atoms with van der Waals surface area (Å²) in [6.07, 6.45) is 1.51. The number of carbonyl (C=O) groups is 2. The quantitative estimate of drug-likeness (QED) is 0.698. The maximum Gasteiger partial charge on any atom is 0.275 e. The van der Waals surface area contributed by atoms with Crippen LogP contribution in [0.15, 0.2) is 18.2 Å². The number of primary amides is 1. The van der Waals surface area contributed by atoms with Crippen LogP contribution >= 0.6 is 0 Å². The number of amides is 2. The minimum Gasteiger partial charge on any atom is -0.454 e. The summed E-state index contributed by atoms with van der Waals surface area (Å²) < 4.78 is 10.6. The van der Waals surface area contributed by atoms with E-state index in [4.69, 9.17) is 15.2 Å². The maximum atomic E-state index is 12.4. The maximum absolute atomic E-state index is 12.4. The van der Waals surface area contributed by atoms with E-state index in [1.165, 1.54) is 0 Å². The van der Waals surface area contributed by atoms with Crippen molar-refractivity contribution in [3.05, 3.63) is 18.2 Å². The highest BCUT2D eigenvalue weighted by atomic mass is 16.7. The van der Waals surface area contributed by atoms with Gasteiger partial charge in [-0.25, -0.2) is 0 Å². The number of hydrogen-bond donors (Lipinski definition) is 3. The Labute approximate surface area is 134 Å². The van der Waals surface area contributed by atoms with E-state index in [0.717, 1.165) is 30.8 Å². The first kappa shape index (κ1) is 15.6. The molecule has 0 saturated carbocycles. The molecule has 2 amide bonds. The molecule has 3 rings (SSSR count). The van der Waals surface area contributed by atoms with Crippen molar-refractivity contribution in [3.8, 4) is 11.5 Å². The molecule has 23 heavy (non-hydrogen) atoms. The first-order valence-electron chi connectivity index (χ1n) is 7.89. The van der Waals surface area contributed by atoms with Gasteiger partial charge < -0.3 is 25.4 Å². The van der Waals surface area contributed by atoms with Gasteiger partial charge in [-0.3, -0.25) is 9.59 Å². The van der Waals surface area contributed by atoms with Gasteiger partial charge in [-0.05, 0) is 19.1 Å². The molecule has 0 radical (unpaired) electrons. The zero-order valence-electron chi connectivity index (χ0n) is 13.1. The molecule has 1 saturated heterocycles. The molecule has 4 N–H and O–H groups in total. The third-order valence-electron chi connectivity index (χ3n) is 4.68. The minimum absolute atomic E-state index is 0.00893. The third kappa shape index (κ3) is 3.39. The fourth-order valence-electron chi connectivity index (χ4n) is 3.10. The smallest absolute Gasteiger partial charge is 0.275 e. The zero-order chi connectivity index (χ0) is 16.4. The summed E-state index contributed by atoms with van der Waals surface area (Å²) in [5.41, 5.74) is 6.05. The highest BCUT2D eigenvalue weighted by Gasteiger charge is 2.32. The number of ether oxygens (including phenoxy) is 2. The van der Waals surface area contributed by atoms with Crippen LogP contribution in [0.1, 0.15) is 19.8 Å². The van der Waals surface area contributed by atoms with E-state index in [0.29, 0.717) is 17.2 Å². The van der Waals surface area contributed by atoms with Crippen molar-refractivity contribution in [2.45, 2.75) is 25.8 Å². The van der Waals surface area contributed by atoms with Crippen LogP contribution in [0.4, 0.5) is 5.69 Å². The normalized spacial score (nSPS) is 24.0. The summed E-state index contributed by atoms with van der Waals surface area (Å²) >= 11 is 0. The Kier molecular flexibility index (Phi) is 4.38. The van der Waals surface area contributed by atoms with Crippen molar-refractivity contribution in [2.24, 2.45) is 11.7 Å². The molecule has 1 aromatic rings. The van der Waals surface area contributed by atoms with Crippen molar-refractivity contribution in [3.63, 3.8) is 0 Å². The van der Waals surface area contributed by atoms with Crippen LogP contribution in [0.2, 0.25) is 0 Å². The lowest BCUT2D eigenvalue weighted by atomic mass is 9.95. The Morgan fingerprint density at radius 2 is 1.96 bits per heavy atom. The van der Waals surface area contributed by atoms with Gasteiger partial charge in [-0.1, -0.05) is 0 Å². The lowest BCUT2D eigenvalue weighted by Crippen LogP contribution is -3.17. The van der Waals surface area contributed by atoms with Crippen molar-refractivity contribution in [2.75, 3.05) is 25.2 Å². The average molecular weight is 320 g/mol. The second kappa shape index (κ2) is 6.45. The number of nitrogens with one attached hydrogen (secondary N) is 2. The van der Waals surface area contributed by atoms with Crippen LogP contribution in [-0.4, -0.2) is 37.7 Å². The summed E-state index contributed by atoms with van der Waals surface area (Å²) in [5, 5.41) is 2.93. The minimum atomic E-state index is -0.289. The van der Waals surface area contributed by atoms with E-state index >= 15 is 0 Å². The third-order valence-corrected chi connectivity index (χ3v) is 4.68. The summed E-state index contributed by atoms with van der Waals surface area (Å²) in [6.45, 7) is 3.61. The molecule has 0 spiro atoms. The average Bonchev–Trinajstić information content (AvgIpc) is 3.01. The van der Waals surface area contributed by atoms with Crippen molar-refractivity contribution in [1.29, 1.82) is 0 Å². The fourth-order valence-corrected chi connectivity index (χ4v) is 3.10. The van der Waals surface area contributed by atoms with E-state index in [9.17, 15) is 9.59 Å². The standard InChI is InChI=1S/C16H21N3O4/c1-10(15(17)20)19-6-4-11(5-7-19)16(21)18-12-2-3-13-14(8-12)23-9-22-13/h2-3,8,10-11H,4-7,9H2,1H3,(H2,17,20)(H,18,21)/p+1/t10-/m1/s1. The van der Waals surface area contributed by atoms with Gasteiger partial charge in [0.05, 0.1) is 13.1 Å². The molecule has 2 aliphatic rings. The van der Waals surface area contributed by atoms with Crippen molar-refractivity contribution in [1.82, 2.24) is 0 Å². The molecule has 1 fully saturated rings. The molecule has 1 atom stereocenters. The number of carbonyl (C=O) groups excluding carboxylic acids is 2. The van der Waals surface area contributed by atoms with E-state index in [1.54, 1.807) is 18.2 Å². The number of benzene rings is 1. The van der Waals surface area contributed by atoms with Crippen LogP contribution in [0, 0.1) is 5.92 Å². The highest BCUT2D eigenvalue weighted by Crippen LogP contribution is 2.34. The van der Waals surface area contributed by atoms with Crippen LogP contribution in [-0.2, 0) is 9.59 Å². The summed E-state index contributed by atoms with van der Waals surface area (Å²) in [6, 6.07) is 5.17. The molecule has 124 valence electrons. The second-order valence-corrected chi connectivity index (χ2v) is 6.11. The molecule has 0 bridgehead atoms. The largest absolute Gasteiger partial charge is 0.454 e. The molecule has 0 aliphatic carbocycles. The lowest BCUT2D eigenvalue weighted by Gasteiger charge is -2.31. The molecule has 7 heteroatoms. The Morgan fingerprint density at radius 1 is 1.26 bits per heavy atom. The molecule has 2 aliphatic heterocycles. The van der Waals surface area contributed by atoms with Crippen molar-refractivity contribution < 1.29 is 24.0 Å².